The fourth-order valence-corrected chi connectivity index (χ4v) is 3.39. The Hall–Kier alpha value is -2.81. The smallest absolute Gasteiger partial charge is 0.257 e. The molecule has 0 aliphatic heterocycles. The molecule has 29 heavy (non-hydrogen) atoms. The quantitative estimate of drug-likeness (QED) is 0.375. The predicted octanol–water partition coefficient (Wildman–Crippen LogP) is 5.43. The van der Waals surface area contributed by atoms with E-state index in [1.807, 2.05) is 6.07 Å². The summed E-state index contributed by atoms with van der Waals surface area (Å²) in [6.07, 6.45) is 3.36. The first-order chi connectivity index (χ1) is 14.0. The lowest BCUT2D eigenvalue weighted by Gasteiger charge is -2.09. The van der Waals surface area contributed by atoms with E-state index in [0.717, 1.165) is 10.0 Å². The number of hydrogen-bond donors (Lipinski definition) is 2. The monoisotopic (exact) mass is 486 g/mol. The molecule has 6 nitrogen and oxygen atoms in total. The minimum Gasteiger partial charge on any atom is -0.436 e. The third kappa shape index (κ3) is 4.61. The van der Waals surface area contributed by atoms with Crippen LogP contribution in [0, 0.1) is 0 Å². The Bertz CT molecular complexity index is 1240. The summed E-state index contributed by atoms with van der Waals surface area (Å²) in [5.41, 5.74) is 3.12. The van der Waals surface area contributed by atoms with E-state index in [-0.39, 0.29) is 11.0 Å². The minimum absolute atomic E-state index is 0.161. The summed E-state index contributed by atoms with van der Waals surface area (Å²) >= 11 is 14.5. The first-order valence-corrected chi connectivity index (χ1v) is 9.95. The largest absolute Gasteiger partial charge is 0.436 e. The van der Waals surface area contributed by atoms with Gasteiger partial charge in [-0.2, -0.15) is 0 Å². The highest BCUT2D eigenvalue weighted by Crippen LogP contribution is 2.27. The van der Waals surface area contributed by atoms with Gasteiger partial charge in [-0.15, -0.1) is 0 Å². The summed E-state index contributed by atoms with van der Waals surface area (Å²) in [6, 6.07) is 13.8. The molecule has 144 valence electrons. The molecule has 0 aliphatic carbocycles. The van der Waals surface area contributed by atoms with Gasteiger partial charge in [0.05, 0.1) is 5.56 Å². The second kappa shape index (κ2) is 8.28. The Kier molecular flexibility index (Phi) is 5.57. The number of nitrogens with one attached hydrogen (secondary N) is 2. The van der Waals surface area contributed by atoms with Gasteiger partial charge in [0.25, 0.3) is 5.91 Å². The number of anilines is 1. The fraction of sp³-hybridized carbons (Fsp3) is 0. The number of benzene rings is 2. The number of thiocarbonyl (C=S) groups is 1. The molecule has 0 aliphatic rings. The number of carbonyl (C=O) groups is 1. The number of pyridine rings is 1. The molecule has 2 aromatic heterocycles. The van der Waals surface area contributed by atoms with Crippen LogP contribution in [-0.2, 0) is 0 Å². The Labute approximate surface area is 184 Å². The van der Waals surface area contributed by atoms with E-state index in [1.54, 1.807) is 54.9 Å². The number of oxazole rings is 1. The van der Waals surface area contributed by atoms with E-state index in [4.69, 9.17) is 28.2 Å². The lowest BCUT2D eigenvalue weighted by molar-refractivity contribution is 0.0977. The van der Waals surface area contributed by atoms with E-state index in [2.05, 4.69) is 36.5 Å². The van der Waals surface area contributed by atoms with Crippen LogP contribution < -0.4 is 10.6 Å². The van der Waals surface area contributed by atoms with Gasteiger partial charge in [0.15, 0.2) is 10.7 Å². The van der Waals surface area contributed by atoms with Gasteiger partial charge in [0, 0.05) is 33.1 Å². The zero-order valence-electron chi connectivity index (χ0n) is 14.6. The molecule has 0 radical (unpaired) electrons. The van der Waals surface area contributed by atoms with E-state index in [0.29, 0.717) is 33.3 Å². The van der Waals surface area contributed by atoms with Crippen molar-refractivity contribution in [1.29, 1.82) is 0 Å². The number of fused-ring (bicyclic) bond motifs is 1. The summed E-state index contributed by atoms with van der Waals surface area (Å²) in [6.45, 7) is 0. The third-order valence-electron chi connectivity index (χ3n) is 3.91. The number of nitrogens with zero attached hydrogens (tertiary/aromatic N) is 2. The van der Waals surface area contributed by atoms with Gasteiger partial charge in [0.1, 0.15) is 5.52 Å². The highest BCUT2D eigenvalue weighted by molar-refractivity contribution is 9.10. The van der Waals surface area contributed by atoms with Crippen LogP contribution in [0.2, 0.25) is 5.02 Å². The molecule has 2 N–H and O–H groups in total. The van der Waals surface area contributed by atoms with E-state index < -0.39 is 0 Å². The van der Waals surface area contributed by atoms with Crippen LogP contribution in [0.15, 0.2) is 69.8 Å². The van der Waals surface area contributed by atoms with Gasteiger partial charge in [-0.25, -0.2) is 4.98 Å². The maximum Gasteiger partial charge on any atom is 0.257 e. The van der Waals surface area contributed by atoms with Crippen molar-refractivity contribution in [2.75, 3.05) is 5.32 Å². The van der Waals surface area contributed by atoms with Crippen LogP contribution in [0.4, 0.5) is 5.69 Å². The topological polar surface area (TPSA) is 80.0 Å². The van der Waals surface area contributed by atoms with Crippen molar-refractivity contribution >= 4 is 67.6 Å². The molecule has 0 unspecified atom stereocenters. The summed E-state index contributed by atoms with van der Waals surface area (Å²) in [4.78, 5) is 20.9. The average molecular weight is 488 g/mol. The van der Waals surface area contributed by atoms with Crippen molar-refractivity contribution in [2.45, 2.75) is 0 Å². The maximum atomic E-state index is 12.3. The number of hydrogen-bond acceptors (Lipinski definition) is 5. The van der Waals surface area contributed by atoms with Gasteiger partial charge < -0.3 is 9.73 Å². The lowest BCUT2D eigenvalue weighted by atomic mass is 10.2. The Balaban J connectivity index is 1.49. The SMILES string of the molecule is O=C(NC(=S)Nc1ccc2oc(-c3cncc(Br)c3)nc2c1)c1cccc(Cl)c1. The standard InChI is InChI=1S/C20H12BrClN4O2S/c21-13-6-12(9-23-10-13)19-25-16-8-15(4-5-17(16)28-19)24-20(29)26-18(27)11-2-1-3-14(22)7-11/h1-10H,(H2,24,26,27,29). The predicted molar refractivity (Wildman–Crippen MR) is 120 cm³/mol. The number of aromatic nitrogens is 2. The second-order valence-corrected chi connectivity index (χ2v) is 7.77. The van der Waals surface area contributed by atoms with Crippen molar-refractivity contribution in [3.05, 3.63) is 76.0 Å². The molecule has 4 aromatic rings. The highest BCUT2D eigenvalue weighted by atomic mass is 79.9. The zero-order chi connectivity index (χ0) is 20.4. The van der Waals surface area contributed by atoms with E-state index in [9.17, 15) is 4.79 Å². The van der Waals surface area contributed by atoms with Crippen molar-refractivity contribution in [1.82, 2.24) is 15.3 Å². The van der Waals surface area contributed by atoms with Crippen molar-refractivity contribution in [3.8, 4) is 11.5 Å². The molecule has 0 bridgehead atoms. The average Bonchev–Trinajstić information content (AvgIpc) is 3.11. The molecular weight excluding hydrogens is 476 g/mol. The molecular formula is C20H12BrClN4O2S. The molecule has 0 spiro atoms. The fourth-order valence-electron chi connectivity index (χ4n) is 2.62. The van der Waals surface area contributed by atoms with Crippen LogP contribution in [-0.4, -0.2) is 21.0 Å². The molecule has 0 saturated heterocycles. The first-order valence-electron chi connectivity index (χ1n) is 8.37. The summed E-state index contributed by atoms with van der Waals surface area (Å²) in [5.74, 6) is 0.111. The first kappa shape index (κ1) is 19.5. The van der Waals surface area contributed by atoms with Gasteiger partial charge in [-0.3, -0.25) is 15.1 Å². The molecule has 0 fully saturated rings. The Morgan fingerprint density at radius 3 is 2.79 bits per heavy atom. The molecule has 0 saturated carbocycles. The van der Waals surface area contributed by atoms with Crippen LogP contribution in [0.3, 0.4) is 0 Å². The van der Waals surface area contributed by atoms with Crippen LogP contribution in [0.5, 0.6) is 0 Å². The number of amides is 1. The minimum atomic E-state index is -0.350. The Morgan fingerprint density at radius 2 is 2.00 bits per heavy atom. The Morgan fingerprint density at radius 1 is 1.14 bits per heavy atom. The summed E-state index contributed by atoms with van der Waals surface area (Å²) in [7, 11) is 0. The molecule has 2 aromatic carbocycles. The normalized spacial score (nSPS) is 10.7. The van der Waals surface area contributed by atoms with Crippen LogP contribution >= 0.6 is 39.7 Å². The van der Waals surface area contributed by atoms with Crippen molar-refractivity contribution in [2.24, 2.45) is 0 Å². The maximum absolute atomic E-state index is 12.3. The van der Waals surface area contributed by atoms with Crippen LogP contribution in [0.25, 0.3) is 22.6 Å². The van der Waals surface area contributed by atoms with Gasteiger partial charge in [0.2, 0.25) is 5.89 Å². The molecule has 1 amide bonds. The molecule has 0 atom stereocenters. The zero-order valence-corrected chi connectivity index (χ0v) is 17.8. The summed E-state index contributed by atoms with van der Waals surface area (Å²) in [5, 5.41) is 6.23. The molecule has 9 heteroatoms. The van der Waals surface area contributed by atoms with E-state index >= 15 is 0 Å². The van der Waals surface area contributed by atoms with Gasteiger partial charge >= 0.3 is 0 Å². The number of halogens is 2. The van der Waals surface area contributed by atoms with E-state index in [1.165, 1.54) is 0 Å². The van der Waals surface area contributed by atoms with Gasteiger partial charge in [-0.1, -0.05) is 17.7 Å². The summed E-state index contributed by atoms with van der Waals surface area (Å²) < 4.78 is 6.62. The van der Waals surface area contributed by atoms with Crippen LogP contribution in [0.1, 0.15) is 10.4 Å². The highest BCUT2D eigenvalue weighted by Gasteiger charge is 2.12. The van der Waals surface area contributed by atoms with Gasteiger partial charge in [-0.05, 0) is 70.6 Å². The lowest BCUT2D eigenvalue weighted by Crippen LogP contribution is -2.34. The third-order valence-corrected chi connectivity index (χ3v) is 4.78. The molecule has 4 rings (SSSR count). The number of carbonyl (C=O) groups excluding carboxylic acids is 1. The van der Waals surface area contributed by atoms with Crippen molar-refractivity contribution < 1.29 is 9.21 Å². The number of rotatable bonds is 3. The van der Waals surface area contributed by atoms with Crippen molar-refractivity contribution in [3.63, 3.8) is 0 Å². The second-order valence-electron chi connectivity index (χ2n) is 6.01. The molecule has 2 heterocycles.